The minimum absolute atomic E-state index is 0.0364. The van der Waals surface area contributed by atoms with Crippen molar-refractivity contribution in [3.05, 3.63) is 30.0 Å². The fourth-order valence-corrected chi connectivity index (χ4v) is 2.65. The van der Waals surface area contributed by atoms with Crippen LogP contribution in [0, 0.1) is 5.92 Å². The van der Waals surface area contributed by atoms with Crippen molar-refractivity contribution >= 4 is 16.9 Å². The predicted molar refractivity (Wildman–Crippen MR) is 74.7 cm³/mol. The van der Waals surface area contributed by atoms with E-state index in [4.69, 9.17) is 4.74 Å². The van der Waals surface area contributed by atoms with E-state index >= 15 is 0 Å². The number of aromatic nitrogens is 1. The molecule has 0 saturated heterocycles. The lowest BCUT2D eigenvalue weighted by molar-refractivity contribution is -0.139. The molecule has 1 unspecified atom stereocenters. The summed E-state index contributed by atoms with van der Waals surface area (Å²) in [4.78, 5) is 11.5. The van der Waals surface area contributed by atoms with Gasteiger partial charge in [0, 0.05) is 18.6 Å². The molecular formula is C15H19NO3. The number of fused-ring (bicyclic) bond motifs is 1. The minimum atomic E-state index is -0.787. The van der Waals surface area contributed by atoms with E-state index in [2.05, 4.69) is 0 Å². The third kappa shape index (κ3) is 2.18. The van der Waals surface area contributed by atoms with Gasteiger partial charge in [-0.15, -0.1) is 0 Å². The van der Waals surface area contributed by atoms with Crippen LogP contribution in [0.15, 0.2) is 24.4 Å². The Morgan fingerprint density at radius 3 is 2.58 bits per heavy atom. The lowest BCUT2D eigenvalue weighted by Gasteiger charge is -2.15. The van der Waals surface area contributed by atoms with Crippen molar-refractivity contribution in [3.63, 3.8) is 0 Å². The molecule has 0 bridgehead atoms. The van der Waals surface area contributed by atoms with Crippen LogP contribution in [0.25, 0.3) is 10.9 Å². The van der Waals surface area contributed by atoms with Gasteiger partial charge in [-0.1, -0.05) is 26.0 Å². The number of benzene rings is 1. The van der Waals surface area contributed by atoms with Crippen LogP contribution in [0.5, 0.6) is 5.75 Å². The summed E-state index contributed by atoms with van der Waals surface area (Å²) in [7, 11) is 3.53. The van der Waals surface area contributed by atoms with Crippen LogP contribution in [0.1, 0.15) is 25.3 Å². The molecule has 0 radical (unpaired) electrons. The summed E-state index contributed by atoms with van der Waals surface area (Å²) in [6, 6.07) is 5.73. The molecule has 1 atom stereocenters. The summed E-state index contributed by atoms with van der Waals surface area (Å²) in [5.41, 5.74) is 1.78. The van der Waals surface area contributed by atoms with Gasteiger partial charge < -0.3 is 14.4 Å². The number of methoxy groups -OCH3 is 1. The highest BCUT2D eigenvalue weighted by atomic mass is 16.5. The zero-order valence-electron chi connectivity index (χ0n) is 11.7. The van der Waals surface area contributed by atoms with E-state index in [1.807, 2.05) is 49.9 Å². The molecule has 4 nitrogen and oxygen atoms in total. The molecule has 0 saturated carbocycles. The number of hydrogen-bond donors (Lipinski definition) is 1. The normalized spacial score (nSPS) is 12.9. The van der Waals surface area contributed by atoms with Gasteiger partial charge in [-0.2, -0.15) is 0 Å². The number of aryl methyl sites for hydroxylation is 1. The topological polar surface area (TPSA) is 51.5 Å². The van der Waals surface area contributed by atoms with Crippen LogP contribution < -0.4 is 4.74 Å². The van der Waals surface area contributed by atoms with Crippen molar-refractivity contribution in [3.8, 4) is 5.75 Å². The Kier molecular flexibility index (Phi) is 3.51. The number of rotatable bonds is 4. The van der Waals surface area contributed by atoms with E-state index < -0.39 is 11.9 Å². The van der Waals surface area contributed by atoms with Crippen molar-refractivity contribution in [2.75, 3.05) is 7.11 Å². The van der Waals surface area contributed by atoms with Crippen molar-refractivity contribution in [1.29, 1.82) is 0 Å². The van der Waals surface area contributed by atoms with E-state index in [0.717, 1.165) is 22.2 Å². The lowest BCUT2D eigenvalue weighted by Crippen LogP contribution is -2.17. The fourth-order valence-electron chi connectivity index (χ4n) is 2.65. The molecule has 0 amide bonds. The molecule has 0 aliphatic carbocycles. The Morgan fingerprint density at radius 2 is 2.05 bits per heavy atom. The Balaban J connectivity index is 2.72. The molecule has 1 aromatic carbocycles. The van der Waals surface area contributed by atoms with Crippen molar-refractivity contribution < 1.29 is 14.6 Å². The maximum absolute atomic E-state index is 11.5. The van der Waals surface area contributed by atoms with Crippen molar-refractivity contribution in [1.82, 2.24) is 4.57 Å². The Hall–Kier alpha value is -1.97. The predicted octanol–water partition coefficient (Wildman–Crippen LogP) is 3.01. The van der Waals surface area contributed by atoms with Crippen LogP contribution in [0.2, 0.25) is 0 Å². The largest absolute Gasteiger partial charge is 0.495 e. The quantitative estimate of drug-likeness (QED) is 0.920. The number of aliphatic carboxylic acids is 1. The minimum Gasteiger partial charge on any atom is -0.495 e. The van der Waals surface area contributed by atoms with Crippen LogP contribution in [0.4, 0.5) is 0 Å². The summed E-state index contributed by atoms with van der Waals surface area (Å²) in [5, 5.41) is 10.4. The molecule has 4 heteroatoms. The summed E-state index contributed by atoms with van der Waals surface area (Å²) in [6.45, 7) is 3.86. The number of hydrogen-bond acceptors (Lipinski definition) is 2. The second kappa shape index (κ2) is 4.96. The molecule has 19 heavy (non-hydrogen) atoms. The molecule has 102 valence electrons. The average Bonchev–Trinajstić information content (AvgIpc) is 2.66. The molecule has 2 rings (SSSR count). The maximum atomic E-state index is 11.5. The number of carbonyl (C=O) groups is 1. The van der Waals surface area contributed by atoms with Gasteiger partial charge in [0.25, 0.3) is 0 Å². The summed E-state index contributed by atoms with van der Waals surface area (Å²) in [6.07, 6.45) is 1.89. The van der Waals surface area contributed by atoms with Gasteiger partial charge in [-0.3, -0.25) is 4.79 Å². The van der Waals surface area contributed by atoms with Gasteiger partial charge >= 0.3 is 5.97 Å². The molecule has 0 aliphatic rings. The first-order chi connectivity index (χ1) is 8.97. The van der Waals surface area contributed by atoms with Gasteiger partial charge in [0.1, 0.15) is 5.75 Å². The third-order valence-electron chi connectivity index (χ3n) is 3.48. The Bertz CT molecular complexity index is 613. The second-order valence-corrected chi connectivity index (χ2v) is 5.11. The monoisotopic (exact) mass is 261 g/mol. The van der Waals surface area contributed by atoms with Crippen LogP contribution in [-0.2, 0) is 11.8 Å². The number of ether oxygens (including phenoxy) is 1. The van der Waals surface area contributed by atoms with Gasteiger partial charge in [-0.25, -0.2) is 0 Å². The zero-order valence-corrected chi connectivity index (χ0v) is 11.7. The fraction of sp³-hybridized carbons (Fsp3) is 0.400. The molecular weight excluding hydrogens is 242 g/mol. The Labute approximate surface area is 112 Å². The van der Waals surface area contributed by atoms with E-state index in [1.165, 1.54) is 0 Å². The first kappa shape index (κ1) is 13.5. The zero-order chi connectivity index (χ0) is 14.2. The van der Waals surface area contributed by atoms with Crippen LogP contribution in [0.3, 0.4) is 0 Å². The number of nitrogens with zero attached hydrogens (tertiary/aromatic N) is 1. The summed E-state index contributed by atoms with van der Waals surface area (Å²) >= 11 is 0. The van der Waals surface area contributed by atoms with Crippen LogP contribution >= 0.6 is 0 Å². The van der Waals surface area contributed by atoms with Gasteiger partial charge in [0.2, 0.25) is 0 Å². The third-order valence-corrected chi connectivity index (χ3v) is 3.48. The van der Waals surface area contributed by atoms with E-state index in [0.29, 0.717) is 0 Å². The standard InChI is InChI=1S/C15H19NO3/c1-9(2)13(15(17)18)11-8-16(3)14-10(11)6-5-7-12(14)19-4/h5-9,13H,1-4H3,(H,17,18). The van der Waals surface area contributed by atoms with Crippen molar-refractivity contribution in [2.45, 2.75) is 19.8 Å². The molecule has 0 spiro atoms. The van der Waals surface area contributed by atoms with E-state index in [9.17, 15) is 9.90 Å². The maximum Gasteiger partial charge on any atom is 0.311 e. The average molecular weight is 261 g/mol. The molecule has 0 fully saturated rings. The number of para-hydroxylation sites is 1. The highest BCUT2D eigenvalue weighted by molar-refractivity contribution is 5.93. The van der Waals surface area contributed by atoms with E-state index in [-0.39, 0.29) is 5.92 Å². The molecule has 1 heterocycles. The molecule has 2 aromatic rings. The summed E-state index contributed by atoms with van der Waals surface area (Å²) in [5.74, 6) is -0.491. The summed E-state index contributed by atoms with van der Waals surface area (Å²) < 4.78 is 7.29. The molecule has 0 aliphatic heterocycles. The highest BCUT2D eigenvalue weighted by Crippen LogP contribution is 2.35. The van der Waals surface area contributed by atoms with E-state index in [1.54, 1.807) is 7.11 Å². The highest BCUT2D eigenvalue weighted by Gasteiger charge is 2.27. The van der Waals surface area contributed by atoms with Crippen LogP contribution in [-0.4, -0.2) is 22.8 Å². The van der Waals surface area contributed by atoms with Gasteiger partial charge in [0.15, 0.2) is 0 Å². The van der Waals surface area contributed by atoms with Crippen molar-refractivity contribution in [2.24, 2.45) is 13.0 Å². The number of carboxylic acid groups (broad SMARTS) is 1. The van der Waals surface area contributed by atoms with Gasteiger partial charge in [-0.05, 0) is 17.5 Å². The smallest absolute Gasteiger partial charge is 0.311 e. The first-order valence-corrected chi connectivity index (χ1v) is 6.32. The first-order valence-electron chi connectivity index (χ1n) is 6.32. The molecule has 1 N–H and O–H groups in total. The Morgan fingerprint density at radius 1 is 1.37 bits per heavy atom. The SMILES string of the molecule is COc1cccc2c(C(C(=O)O)C(C)C)cn(C)c12. The second-order valence-electron chi connectivity index (χ2n) is 5.11. The number of carboxylic acids is 1. The lowest BCUT2D eigenvalue weighted by atomic mass is 9.88. The molecule has 1 aromatic heterocycles. The van der Waals surface area contributed by atoms with Gasteiger partial charge in [0.05, 0.1) is 18.5 Å².